The number of hydrogen-bond donors (Lipinski definition) is 1. The highest BCUT2D eigenvalue weighted by molar-refractivity contribution is 7.99. The highest BCUT2D eigenvalue weighted by Crippen LogP contribution is 2.32. The molecule has 2 aromatic heterocycles. The van der Waals surface area contributed by atoms with Crippen LogP contribution in [0.1, 0.15) is 15.8 Å². The lowest BCUT2D eigenvalue weighted by Gasteiger charge is -2.27. The van der Waals surface area contributed by atoms with E-state index in [1.54, 1.807) is 22.7 Å². The van der Waals surface area contributed by atoms with Gasteiger partial charge < -0.3 is 10.2 Å². The Morgan fingerprint density at radius 2 is 2.05 bits per heavy atom. The van der Waals surface area contributed by atoms with E-state index in [0.29, 0.717) is 0 Å². The zero-order chi connectivity index (χ0) is 14.5. The average molecular weight is 359 g/mol. The van der Waals surface area contributed by atoms with Gasteiger partial charge in [-0.25, -0.2) is 0 Å². The van der Waals surface area contributed by atoms with E-state index < -0.39 is 0 Å². The second-order valence-electron chi connectivity index (χ2n) is 5.00. The fourth-order valence-electron chi connectivity index (χ4n) is 2.47. The molecule has 1 saturated heterocycles. The van der Waals surface area contributed by atoms with Crippen molar-refractivity contribution in [2.24, 2.45) is 0 Å². The number of halogens is 1. The second kappa shape index (κ2) is 7.99. The predicted octanol–water partition coefficient (Wildman–Crippen LogP) is 4.19. The van der Waals surface area contributed by atoms with Gasteiger partial charge in [-0.1, -0.05) is 17.7 Å². The third kappa shape index (κ3) is 4.47. The molecule has 2 aromatic rings. The van der Waals surface area contributed by atoms with E-state index >= 15 is 0 Å². The smallest absolute Gasteiger partial charge is 0.0931 e. The van der Waals surface area contributed by atoms with Crippen molar-refractivity contribution in [3.05, 3.63) is 43.7 Å². The number of thiophene rings is 2. The molecule has 1 aliphatic rings. The van der Waals surface area contributed by atoms with E-state index in [0.717, 1.165) is 17.4 Å². The first-order valence-electron chi connectivity index (χ1n) is 7.15. The van der Waals surface area contributed by atoms with E-state index in [4.69, 9.17) is 11.6 Å². The molecule has 1 N–H and O–H groups in total. The van der Waals surface area contributed by atoms with Gasteiger partial charge in [0.05, 0.1) is 10.4 Å². The summed E-state index contributed by atoms with van der Waals surface area (Å²) in [6.07, 6.45) is 0. The van der Waals surface area contributed by atoms with Crippen LogP contribution in [-0.2, 0) is 0 Å². The van der Waals surface area contributed by atoms with Crippen molar-refractivity contribution in [1.29, 1.82) is 0 Å². The first-order chi connectivity index (χ1) is 10.3. The van der Waals surface area contributed by atoms with Crippen LogP contribution < -0.4 is 5.32 Å². The molecule has 0 saturated carbocycles. The normalized spacial score (nSPS) is 18.0. The first kappa shape index (κ1) is 15.8. The molecular weight excluding hydrogens is 340 g/mol. The van der Waals surface area contributed by atoms with Crippen molar-refractivity contribution >= 4 is 46.0 Å². The molecule has 3 heterocycles. The van der Waals surface area contributed by atoms with Crippen LogP contribution in [0.25, 0.3) is 0 Å². The molecule has 3 rings (SSSR count). The Hall–Kier alpha value is -0.0400. The minimum atomic E-state index is 0.279. The molecule has 0 radical (unpaired) electrons. The molecule has 0 spiro atoms. The van der Waals surface area contributed by atoms with Crippen molar-refractivity contribution in [3.63, 3.8) is 0 Å². The molecular formula is C15H19ClN2S3. The minimum Gasteiger partial charge on any atom is -0.304 e. The van der Waals surface area contributed by atoms with Crippen LogP contribution in [0.4, 0.5) is 0 Å². The Labute approximate surface area is 143 Å². The Morgan fingerprint density at radius 1 is 1.19 bits per heavy atom. The lowest BCUT2D eigenvalue weighted by Crippen LogP contribution is -2.38. The number of rotatable bonds is 6. The summed E-state index contributed by atoms with van der Waals surface area (Å²) >= 11 is 11.6. The third-order valence-electron chi connectivity index (χ3n) is 3.59. The van der Waals surface area contributed by atoms with E-state index in [1.807, 2.05) is 6.07 Å². The Balaban J connectivity index is 1.60. The molecule has 21 heavy (non-hydrogen) atoms. The minimum absolute atomic E-state index is 0.279. The summed E-state index contributed by atoms with van der Waals surface area (Å²) in [5, 5.41) is 5.85. The fourth-order valence-corrected chi connectivity index (χ4v) is 5.50. The summed E-state index contributed by atoms with van der Waals surface area (Å²) in [5.41, 5.74) is 0. The van der Waals surface area contributed by atoms with Gasteiger partial charge in [0.1, 0.15) is 0 Å². The molecule has 2 nitrogen and oxygen atoms in total. The largest absolute Gasteiger partial charge is 0.304 e. The highest BCUT2D eigenvalue weighted by atomic mass is 35.5. The molecule has 0 aliphatic carbocycles. The van der Waals surface area contributed by atoms with Crippen LogP contribution in [0.3, 0.4) is 0 Å². The van der Waals surface area contributed by atoms with Crippen LogP contribution in [0, 0.1) is 0 Å². The number of thioether (sulfide) groups is 1. The summed E-state index contributed by atoms with van der Waals surface area (Å²) in [6, 6.07) is 8.73. The maximum atomic E-state index is 6.11. The van der Waals surface area contributed by atoms with Crippen LogP contribution in [0.2, 0.25) is 4.34 Å². The number of nitrogens with zero attached hydrogens (tertiary/aromatic N) is 1. The summed E-state index contributed by atoms with van der Waals surface area (Å²) in [7, 11) is 0. The Bertz CT molecular complexity index is 535. The number of hydrogen-bond acceptors (Lipinski definition) is 5. The fraction of sp³-hybridized carbons (Fsp3) is 0.467. The zero-order valence-electron chi connectivity index (χ0n) is 11.8. The first-order valence-corrected chi connectivity index (χ1v) is 10.4. The molecule has 1 unspecified atom stereocenters. The van der Waals surface area contributed by atoms with Crippen LogP contribution in [-0.4, -0.2) is 42.6 Å². The van der Waals surface area contributed by atoms with Gasteiger partial charge >= 0.3 is 0 Å². The van der Waals surface area contributed by atoms with Gasteiger partial charge in [-0.15, -0.1) is 22.7 Å². The van der Waals surface area contributed by atoms with Crippen LogP contribution in [0.15, 0.2) is 29.6 Å². The zero-order valence-corrected chi connectivity index (χ0v) is 15.0. The van der Waals surface area contributed by atoms with Gasteiger partial charge in [0.25, 0.3) is 0 Å². The van der Waals surface area contributed by atoms with Crippen molar-refractivity contribution < 1.29 is 0 Å². The van der Waals surface area contributed by atoms with E-state index in [9.17, 15) is 0 Å². The van der Waals surface area contributed by atoms with Gasteiger partial charge in [0.2, 0.25) is 0 Å². The van der Waals surface area contributed by atoms with Crippen molar-refractivity contribution in [1.82, 2.24) is 10.2 Å². The summed E-state index contributed by atoms with van der Waals surface area (Å²) < 4.78 is 0.862. The quantitative estimate of drug-likeness (QED) is 0.833. The predicted molar refractivity (Wildman–Crippen MR) is 97.3 cm³/mol. The van der Waals surface area contributed by atoms with Crippen molar-refractivity contribution in [2.45, 2.75) is 6.04 Å². The molecule has 0 aromatic carbocycles. The Morgan fingerprint density at radius 3 is 2.71 bits per heavy atom. The monoisotopic (exact) mass is 358 g/mol. The topological polar surface area (TPSA) is 15.3 Å². The van der Waals surface area contributed by atoms with Gasteiger partial charge in [-0.05, 0) is 23.6 Å². The average Bonchev–Trinajstić information content (AvgIpc) is 3.16. The molecule has 0 amide bonds. The van der Waals surface area contributed by atoms with E-state index in [1.165, 1.54) is 34.3 Å². The molecule has 114 valence electrons. The summed E-state index contributed by atoms with van der Waals surface area (Å²) in [6.45, 7) is 4.59. The lowest BCUT2D eigenvalue weighted by molar-refractivity contribution is 0.298. The van der Waals surface area contributed by atoms with E-state index in [2.05, 4.69) is 45.6 Å². The standard InChI is InChI=1S/C15H19ClN2S3/c16-14-4-3-13(21-14)15(12-2-1-9-20-12)17-5-6-18-7-10-19-11-8-18/h1-4,9,15,17H,5-8,10-11H2. The van der Waals surface area contributed by atoms with Gasteiger partial charge in [-0.2, -0.15) is 11.8 Å². The van der Waals surface area contributed by atoms with Gasteiger partial charge in [0.15, 0.2) is 0 Å². The Kier molecular flexibility index (Phi) is 6.03. The SMILES string of the molecule is Clc1ccc(C(NCCN2CCSCC2)c2cccs2)s1. The molecule has 6 heteroatoms. The molecule has 1 fully saturated rings. The lowest BCUT2D eigenvalue weighted by atomic mass is 10.2. The van der Waals surface area contributed by atoms with Crippen LogP contribution in [0.5, 0.6) is 0 Å². The number of nitrogens with one attached hydrogen (secondary N) is 1. The maximum absolute atomic E-state index is 6.11. The van der Waals surface area contributed by atoms with Crippen molar-refractivity contribution in [2.75, 3.05) is 37.7 Å². The second-order valence-corrected chi connectivity index (χ2v) is 8.95. The van der Waals surface area contributed by atoms with Gasteiger partial charge in [-0.3, -0.25) is 0 Å². The van der Waals surface area contributed by atoms with E-state index in [-0.39, 0.29) is 6.04 Å². The molecule has 1 aliphatic heterocycles. The summed E-state index contributed by atoms with van der Waals surface area (Å²) in [4.78, 5) is 5.22. The third-order valence-corrected chi connectivity index (χ3v) is 6.76. The highest BCUT2D eigenvalue weighted by Gasteiger charge is 2.17. The van der Waals surface area contributed by atoms with Gasteiger partial charge in [0, 0.05) is 47.4 Å². The van der Waals surface area contributed by atoms with Crippen LogP contribution >= 0.6 is 46.0 Å². The van der Waals surface area contributed by atoms with Crippen molar-refractivity contribution in [3.8, 4) is 0 Å². The molecule has 1 atom stereocenters. The maximum Gasteiger partial charge on any atom is 0.0931 e. The summed E-state index contributed by atoms with van der Waals surface area (Å²) in [5.74, 6) is 2.55. The molecule has 0 bridgehead atoms.